The van der Waals surface area contributed by atoms with E-state index in [9.17, 15) is 9.90 Å². The van der Waals surface area contributed by atoms with E-state index >= 15 is 0 Å². The second-order valence-electron chi connectivity index (χ2n) is 6.80. The first-order valence-electron chi connectivity index (χ1n) is 9.89. The first-order chi connectivity index (χ1) is 14.1. The fourth-order valence-electron chi connectivity index (χ4n) is 3.36. The number of carbonyl (C=O) groups is 1. The summed E-state index contributed by atoms with van der Waals surface area (Å²) in [5.41, 5.74) is 8.00. The quantitative estimate of drug-likeness (QED) is 0.520. The molecule has 0 fully saturated rings. The molecule has 0 spiro atoms. The average Bonchev–Trinajstić information content (AvgIpc) is 3.08. The maximum atomic E-state index is 12.0. The summed E-state index contributed by atoms with van der Waals surface area (Å²) in [6.45, 7) is 3.00. The number of para-hydroxylation sites is 2. The van der Waals surface area contributed by atoms with Crippen molar-refractivity contribution in [1.82, 2.24) is 4.98 Å². The van der Waals surface area contributed by atoms with E-state index in [1.54, 1.807) is 19.1 Å². The lowest BCUT2D eigenvalue weighted by Crippen LogP contribution is -2.42. The van der Waals surface area contributed by atoms with E-state index in [0.29, 0.717) is 13.1 Å². The molecular formula is C21H28N4O4. The number of aromatic nitrogens is 1. The second kappa shape index (κ2) is 10.1. The number of hydrogen-bond donors (Lipinski definition) is 3. The number of nitrogens with one attached hydrogen (secondary N) is 1. The van der Waals surface area contributed by atoms with Gasteiger partial charge in [-0.05, 0) is 50.6 Å². The van der Waals surface area contributed by atoms with Crippen LogP contribution in [0.4, 0.5) is 11.4 Å². The van der Waals surface area contributed by atoms with E-state index in [1.165, 1.54) is 6.20 Å². The third-order valence-electron chi connectivity index (χ3n) is 4.68. The van der Waals surface area contributed by atoms with E-state index < -0.39 is 12.1 Å². The van der Waals surface area contributed by atoms with Crippen LogP contribution in [0.25, 0.3) is 0 Å². The van der Waals surface area contributed by atoms with Crippen LogP contribution < -0.4 is 20.7 Å². The molecule has 0 saturated heterocycles. The number of benzene rings is 1. The van der Waals surface area contributed by atoms with Gasteiger partial charge in [-0.3, -0.25) is 0 Å². The molecule has 0 radical (unpaired) electrons. The van der Waals surface area contributed by atoms with Crippen molar-refractivity contribution >= 4 is 17.3 Å². The molecule has 2 unspecified atom stereocenters. The second-order valence-corrected chi connectivity index (χ2v) is 6.80. The summed E-state index contributed by atoms with van der Waals surface area (Å²) < 4.78 is 10.7. The fourth-order valence-corrected chi connectivity index (χ4v) is 3.36. The van der Waals surface area contributed by atoms with Crippen molar-refractivity contribution < 1.29 is 19.4 Å². The summed E-state index contributed by atoms with van der Waals surface area (Å²) in [5.74, 6) is -0.339. The van der Waals surface area contributed by atoms with Crippen LogP contribution in [0.5, 0.6) is 5.88 Å². The largest absolute Gasteiger partial charge is 0.474 e. The highest BCUT2D eigenvalue weighted by molar-refractivity contribution is 5.91. The Bertz CT molecular complexity index is 817. The molecule has 1 aromatic carbocycles. The number of nitrogens with two attached hydrogens (primary N) is 1. The number of esters is 1. The van der Waals surface area contributed by atoms with Gasteiger partial charge < -0.3 is 30.5 Å². The van der Waals surface area contributed by atoms with Gasteiger partial charge in [0.2, 0.25) is 5.88 Å². The Labute approximate surface area is 170 Å². The standard InChI is InChI=1S/C21H28N4O4/c1-2-28-21(27)16-7-6-12-23-20(16)29-14-15(26)13-25-18-9-4-3-8-17(18)24-19(25)10-5-11-22/h3-4,6-9,12,15,19,24,26H,2,5,10-11,13-14,22H2,1H3. The third kappa shape index (κ3) is 5.16. The molecule has 1 aliphatic rings. The monoisotopic (exact) mass is 400 g/mol. The summed E-state index contributed by atoms with van der Waals surface area (Å²) in [7, 11) is 0. The van der Waals surface area contributed by atoms with E-state index in [4.69, 9.17) is 15.2 Å². The number of anilines is 2. The van der Waals surface area contributed by atoms with Gasteiger partial charge in [-0.15, -0.1) is 0 Å². The maximum absolute atomic E-state index is 12.0. The minimum absolute atomic E-state index is 0.00565. The molecule has 0 bridgehead atoms. The number of ether oxygens (including phenoxy) is 2. The normalized spacial score (nSPS) is 16.1. The summed E-state index contributed by atoms with van der Waals surface area (Å²) in [5, 5.41) is 14.1. The number of β-amino-alcohol motifs (C(OH)–C–C–N with tert-alkyl or cyclic N) is 1. The zero-order valence-electron chi connectivity index (χ0n) is 16.6. The SMILES string of the molecule is CCOC(=O)c1cccnc1OCC(O)CN1c2ccccc2NC1CCCN. The smallest absolute Gasteiger partial charge is 0.343 e. The summed E-state index contributed by atoms with van der Waals surface area (Å²) in [6, 6.07) is 11.2. The highest BCUT2D eigenvalue weighted by Gasteiger charge is 2.29. The first-order valence-corrected chi connectivity index (χ1v) is 9.89. The van der Waals surface area contributed by atoms with Crippen LogP contribution in [0, 0.1) is 0 Å². The number of pyridine rings is 1. The third-order valence-corrected chi connectivity index (χ3v) is 4.68. The molecule has 1 aromatic heterocycles. The first kappa shape index (κ1) is 20.9. The van der Waals surface area contributed by atoms with Crippen LogP contribution in [0.15, 0.2) is 42.6 Å². The van der Waals surface area contributed by atoms with Gasteiger partial charge in [0.1, 0.15) is 18.3 Å². The van der Waals surface area contributed by atoms with Gasteiger partial charge in [-0.25, -0.2) is 9.78 Å². The molecule has 4 N–H and O–H groups in total. The zero-order valence-corrected chi connectivity index (χ0v) is 16.6. The minimum atomic E-state index is -0.777. The Hall–Kier alpha value is -2.84. The van der Waals surface area contributed by atoms with Crippen molar-refractivity contribution in [2.45, 2.75) is 32.0 Å². The number of rotatable bonds is 10. The Balaban J connectivity index is 1.64. The lowest BCUT2D eigenvalue weighted by atomic mass is 10.2. The van der Waals surface area contributed by atoms with Gasteiger partial charge in [-0.2, -0.15) is 0 Å². The lowest BCUT2D eigenvalue weighted by molar-refractivity contribution is 0.0514. The number of fused-ring (bicyclic) bond motifs is 1. The molecule has 156 valence electrons. The number of hydrogen-bond acceptors (Lipinski definition) is 8. The Morgan fingerprint density at radius 3 is 2.97 bits per heavy atom. The molecule has 2 atom stereocenters. The van der Waals surface area contributed by atoms with Crippen LogP contribution in [0.3, 0.4) is 0 Å². The molecule has 3 rings (SSSR count). The number of aliphatic hydroxyl groups excluding tert-OH is 1. The van der Waals surface area contributed by atoms with Crippen LogP contribution in [-0.2, 0) is 4.74 Å². The Morgan fingerprint density at radius 1 is 1.34 bits per heavy atom. The van der Waals surface area contributed by atoms with Crippen molar-refractivity contribution in [3.8, 4) is 5.88 Å². The predicted octanol–water partition coefficient (Wildman–Crippen LogP) is 2.00. The number of carbonyl (C=O) groups excluding carboxylic acids is 1. The Kier molecular flexibility index (Phi) is 7.26. The van der Waals surface area contributed by atoms with Crippen molar-refractivity contribution in [2.24, 2.45) is 5.73 Å². The molecular weight excluding hydrogens is 372 g/mol. The molecule has 8 nitrogen and oxygen atoms in total. The molecule has 8 heteroatoms. The van der Waals surface area contributed by atoms with Gasteiger partial charge >= 0.3 is 5.97 Å². The van der Waals surface area contributed by atoms with Gasteiger partial charge in [0.25, 0.3) is 0 Å². The van der Waals surface area contributed by atoms with Crippen molar-refractivity contribution in [2.75, 3.05) is 36.5 Å². The topological polar surface area (TPSA) is 110 Å². The van der Waals surface area contributed by atoms with E-state index in [-0.39, 0.29) is 30.8 Å². The van der Waals surface area contributed by atoms with Crippen molar-refractivity contribution in [3.63, 3.8) is 0 Å². The summed E-state index contributed by atoms with van der Waals surface area (Å²) >= 11 is 0. The molecule has 2 heterocycles. The molecule has 2 aromatic rings. The van der Waals surface area contributed by atoms with Gasteiger partial charge in [0.15, 0.2) is 0 Å². The molecule has 1 aliphatic heterocycles. The average molecular weight is 400 g/mol. The van der Waals surface area contributed by atoms with Gasteiger partial charge in [-0.1, -0.05) is 12.1 Å². The summed E-state index contributed by atoms with van der Waals surface area (Å²) in [4.78, 5) is 18.3. The minimum Gasteiger partial charge on any atom is -0.474 e. The van der Waals surface area contributed by atoms with Crippen LogP contribution in [0.2, 0.25) is 0 Å². The van der Waals surface area contributed by atoms with Gasteiger partial charge in [0.05, 0.1) is 24.1 Å². The van der Waals surface area contributed by atoms with Crippen molar-refractivity contribution in [1.29, 1.82) is 0 Å². The summed E-state index contributed by atoms with van der Waals surface area (Å²) in [6.07, 6.45) is 2.57. The van der Waals surface area contributed by atoms with Crippen LogP contribution in [0.1, 0.15) is 30.1 Å². The molecule has 29 heavy (non-hydrogen) atoms. The molecule has 0 aliphatic carbocycles. The van der Waals surface area contributed by atoms with Crippen molar-refractivity contribution in [3.05, 3.63) is 48.2 Å². The Morgan fingerprint density at radius 2 is 2.17 bits per heavy atom. The molecule has 0 amide bonds. The van der Waals surface area contributed by atoms with Gasteiger partial charge in [0, 0.05) is 12.7 Å². The number of nitrogens with zero attached hydrogens (tertiary/aromatic N) is 2. The van der Waals surface area contributed by atoms with E-state index in [1.807, 2.05) is 24.3 Å². The van der Waals surface area contributed by atoms with Crippen LogP contribution >= 0.6 is 0 Å². The zero-order chi connectivity index (χ0) is 20.6. The molecule has 0 saturated carbocycles. The maximum Gasteiger partial charge on any atom is 0.343 e. The highest BCUT2D eigenvalue weighted by atomic mass is 16.5. The predicted molar refractivity (Wildman–Crippen MR) is 111 cm³/mol. The van der Waals surface area contributed by atoms with Crippen LogP contribution in [-0.4, -0.2) is 54.6 Å². The van der Waals surface area contributed by atoms with E-state index in [0.717, 1.165) is 24.2 Å². The van der Waals surface area contributed by atoms with E-state index in [2.05, 4.69) is 15.2 Å². The fraction of sp³-hybridized carbons (Fsp3) is 0.429. The number of aliphatic hydroxyl groups is 1. The lowest BCUT2D eigenvalue weighted by Gasteiger charge is -2.29. The highest BCUT2D eigenvalue weighted by Crippen LogP contribution is 2.35.